The van der Waals surface area contributed by atoms with Crippen LogP contribution >= 0.6 is 12.9 Å². The van der Waals surface area contributed by atoms with Crippen LogP contribution in [0.1, 0.15) is 5.56 Å². The number of aryl methyl sites for hydroxylation is 1. The predicted molar refractivity (Wildman–Crippen MR) is 47.2 cm³/mol. The van der Waals surface area contributed by atoms with E-state index < -0.39 is 0 Å². The van der Waals surface area contributed by atoms with Crippen molar-refractivity contribution < 1.29 is 4.55 Å². The zero-order chi connectivity index (χ0) is 7.98. The van der Waals surface area contributed by atoms with Gasteiger partial charge in [0.25, 0.3) is 0 Å². The molecule has 0 aliphatic rings. The third kappa shape index (κ3) is 3.37. The maximum atomic E-state index is 6.69. The largest absolute Gasteiger partial charge is 0.399 e. The minimum atomic E-state index is 0.838. The van der Waals surface area contributed by atoms with E-state index in [-0.39, 0.29) is 0 Å². The van der Waals surface area contributed by atoms with Crippen molar-refractivity contribution in [3.8, 4) is 0 Å². The fraction of sp³-hybridized carbons (Fsp3) is 0.143. The molecule has 0 aliphatic heterocycles. The summed E-state index contributed by atoms with van der Waals surface area (Å²) in [5, 5.41) is 0. The summed E-state index contributed by atoms with van der Waals surface area (Å²) in [5.41, 5.74) is 7.51. The van der Waals surface area contributed by atoms with Crippen LogP contribution in [0, 0.1) is 6.92 Å². The molecule has 0 amide bonds. The normalized spacial score (nSPS) is 7.90. The second-order valence-corrected chi connectivity index (χ2v) is 1.91. The monoisotopic (exact) mass is 157 g/mol. The zero-order valence-electron chi connectivity index (χ0n) is 5.78. The Labute approximate surface area is 66.3 Å². The van der Waals surface area contributed by atoms with E-state index >= 15 is 0 Å². The van der Waals surface area contributed by atoms with E-state index in [1.165, 1.54) is 5.56 Å². The van der Waals surface area contributed by atoms with Crippen molar-refractivity contribution >= 4 is 18.6 Å². The summed E-state index contributed by atoms with van der Waals surface area (Å²) >= 11 is 2.53. The SMILES string of the molecule is Cc1cccc(N)c1.OS. The Kier molecular flexibility index (Phi) is 4.80. The highest BCUT2D eigenvalue weighted by Gasteiger charge is 1.81. The Morgan fingerprint density at radius 1 is 1.40 bits per heavy atom. The lowest BCUT2D eigenvalue weighted by Crippen LogP contribution is -1.82. The van der Waals surface area contributed by atoms with E-state index in [4.69, 9.17) is 10.3 Å². The van der Waals surface area contributed by atoms with Gasteiger partial charge in [-0.3, -0.25) is 0 Å². The summed E-state index contributed by atoms with van der Waals surface area (Å²) in [7, 11) is 0. The number of anilines is 1. The second-order valence-electron chi connectivity index (χ2n) is 1.91. The van der Waals surface area contributed by atoms with Gasteiger partial charge in [0.15, 0.2) is 0 Å². The van der Waals surface area contributed by atoms with Gasteiger partial charge in [-0.2, -0.15) is 0 Å². The van der Waals surface area contributed by atoms with Crippen LogP contribution in [0.25, 0.3) is 0 Å². The van der Waals surface area contributed by atoms with Crippen LogP contribution in [-0.4, -0.2) is 4.55 Å². The molecule has 10 heavy (non-hydrogen) atoms. The van der Waals surface area contributed by atoms with Gasteiger partial charge in [0, 0.05) is 5.69 Å². The van der Waals surface area contributed by atoms with Gasteiger partial charge in [-0.15, -0.1) is 0 Å². The third-order valence-electron chi connectivity index (χ3n) is 1.04. The zero-order valence-corrected chi connectivity index (χ0v) is 6.68. The molecule has 0 spiro atoms. The maximum Gasteiger partial charge on any atom is 0.0316 e. The average molecular weight is 157 g/mol. The molecule has 0 saturated carbocycles. The van der Waals surface area contributed by atoms with Crippen LogP contribution in [0.3, 0.4) is 0 Å². The summed E-state index contributed by atoms with van der Waals surface area (Å²) in [6, 6.07) is 7.80. The molecule has 0 saturated heterocycles. The Morgan fingerprint density at radius 3 is 2.30 bits per heavy atom. The Bertz CT molecular complexity index is 173. The quantitative estimate of drug-likeness (QED) is 0.306. The molecule has 1 rings (SSSR count). The van der Waals surface area contributed by atoms with E-state index in [0.717, 1.165) is 5.69 Å². The van der Waals surface area contributed by atoms with E-state index in [9.17, 15) is 0 Å². The number of hydrogen-bond donors (Lipinski definition) is 3. The van der Waals surface area contributed by atoms with Crippen LogP contribution in [-0.2, 0) is 0 Å². The van der Waals surface area contributed by atoms with Crippen LogP contribution in [0.4, 0.5) is 5.69 Å². The standard InChI is InChI=1S/C7H9N.H2OS/c1-6-3-2-4-7(8)5-6;1-2/h2-5H,8H2,1H3;1-2H. The molecule has 0 unspecified atom stereocenters. The van der Waals surface area contributed by atoms with Crippen LogP contribution < -0.4 is 5.73 Å². The van der Waals surface area contributed by atoms with Crippen molar-refractivity contribution in [3.63, 3.8) is 0 Å². The Balaban J connectivity index is 0.000000371. The van der Waals surface area contributed by atoms with E-state index in [1.807, 2.05) is 31.2 Å². The maximum absolute atomic E-state index is 6.69. The Hall–Kier alpha value is -0.670. The summed E-state index contributed by atoms with van der Waals surface area (Å²) in [5.74, 6) is 0. The van der Waals surface area contributed by atoms with Crippen molar-refractivity contribution in [1.82, 2.24) is 0 Å². The summed E-state index contributed by atoms with van der Waals surface area (Å²) in [6.07, 6.45) is 0. The first-order chi connectivity index (χ1) is 4.79. The number of nitrogen functional groups attached to an aromatic ring is 1. The molecule has 0 heterocycles. The molecular weight excluding hydrogens is 146 g/mol. The Morgan fingerprint density at radius 2 is 2.00 bits per heavy atom. The summed E-state index contributed by atoms with van der Waals surface area (Å²) < 4.78 is 6.69. The average Bonchev–Trinajstić information content (AvgIpc) is 1.91. The molecule has 0 bridgehead atoms. The second kappa shape index (κ2) is 5.14. The van der Waals surface area contributed by atoms with E-state index in [1.54, 1.807) is 0 Å². The van der Waals surface area contributed by atoms with Gasteiger partial charge in [-0.1, -0.05) is 12.1 Å². The number of hydrogen-bond acceptors (Lipinski definition) is 3. The van der Waals surface area contributed by atoms with Crippen molar-refractivity contribution in [3.05, 3.63) is 29.8 Å². The molecule has 0 atom stereocenters. The smallest absolute Gasteiger partial charge is 0.0316 e. The van der Waals surface area contributed by atoms with Gasteiger partial charge in [0.05, 0.1) is 0 Å². The van der Waals surface area contributed by atoms with Crippen LogP contribution in [0.5, 0.6) is 0 Å². The molecule has 0 aromatic heterocycles. The van der Waals surface area contributed by atoms with Gasteiger partial charge in [-0.25, -0.2) is 0 Å². The molecular formula is C7H11NOS. The van der Waals surface area contributed by atoms with Crippen molar-refractivity contribution in [2.75, 3.05) is 5.73 Å². The first kappa shape index (κ1) is 9.33. The minimum absolute atomic E-state index is 0.838. The van der Waals surface area contributed by atoms with E-state index in [2.05, 4.69) is 12.9 Å². The van der Waals surface area contributed by atoms with Gasteiger partial charge >= 0.3 is 0 Å². The molecule has 3 heteroatoms. The van der Waals surface area contributed by atoms with Gasteiger partial charge in [0.2, 0.25) is 0 Å². The molecule has 0 radical (unpaired) electrons. The van der Waals surface area contributed by atoms with E-state index in [0.29, 0.717) is 0 Å². The third-order valence-corrected chi connectivity index (χ3v) is 1.04. The van der Waals surface area contributed by atoms with Gasteiger partial charge < -0.3 is 10.3 Å². The first-order valence-electron chi connectivity index (χ1n) is 2.81. The lowest BCUT2D eigenvalue weighted by atomic mass is 10.2. The number of rotatable bonds is 0. The van der Waals surface area contributed by atoms with Gasteiger partial charge in [0.1, 0.15) is 0 Å². The fourth-order valence-corrected chi connectivity index (χ4v) is 0.670. The molecule has 3 N–H and O–H groups in total. The minimum Gasteiger partial charge on any atom is -0.399 e. The predicted octanol–water partition coefficient (Wildman–Crippen LogP) is 1.97. The topological polar surface area (TPSA) is 46.2 Å². The fourth-order valence-electron chi connectivity index (χ4n) is 0.670. The molecule has 0 fully saturated rings. The number of benzene rings is 1. The van der Waals surface area contributed by atoms with Gasteiger partial charge in [-0.05, 0) is 37.5 Å². The molecule has 1 aromatic rings. The molecule has 1 aromatic carbocycles. The molecule has 56 valence electrons. The molecule has 0 aliphatic carbocycles. The molecule has 2 nitrogen and oxygen atoms in total. The van der Waals surface area contributed by atoms with Crippen molar-refractivity contribution in [1.29, 1.82) is 0 Å². The first-order valence-corrected chi connectivity index (χ1v) is 3.21. The van der Waals surface area contributed by atoms with Crippen molar-refractivity contribution in [2.24, 2.45) is 0 Å². The number of nitrogens with two attached hydrogens (primary N) is 1. The highest BCUT2D eigenvalue weighted by molar-refractivity contribution is 7.74. The van der Waals surface area contributed by atoms with Crippen LogP contribution in [0.15, 0.2) is 24.3 Å². The summed E-state index contributed by atoms with van der Waals surface area (Å²) in [6.45, 7) is 2.02. The lowest BCUT2D eigenvalue weighted by molar-refractivity contribution is 0.679. The number of thiol groups is 1. The lowest BCUT2D eigenvalue weighted by Gasteiger charge is -1.91. The highest BCUT2D eigenvalue weighted by atomic mass is 32.1. The summed E-state index contributed by atoms with van der Waals surface area (Å²) in [4.78, 5) is 0. The van der Waals surface area contributed by atoms with Crippen molar-refractivity contribution in [2.45, 2.75) is 6.92 Å². The highest BCUT2D eigenvalue weighted by Crippen LogP contribution is 2.03. The van der Waals surface area contributed by atoms with Crippen LogP contribution in [0.2, 0.25) is 0 Å².